The van der Waals surface area contributed by atoms with Gasteiger partial charge in [-0.2, -0.15) is 0 Å². The fraction of sp³-hybridized carbons (Fsp3) is 0.250. The minimum absolute atomic E-state index is 0.562. The van der Waals surface area contributed by atoms with Crippen LogP contribution in [0.1, 0.15) is 18.9 Å². The number of hydrogen-bond donors (Lipinski definition) is 1. The van der Waals surface area contributed by atoms with Crippen molar-refractivity contribution in [2.75, 3.05) is 6.54 Å². The number of hydrogen-bond acceptors (Lipinski definition) is 1. The highest BCUT2D eigenvalue weighted by Gasteiger charge is 2.08. The molecule has 0 amide bonds. The summed E-state index contributed by atoms with van der Waals surface area (Å²) < 4.78 is 0. The van der Waals surface area contributed by atoms with Gasteiger partial charge in [0.1, 0.15) is 0 Å². The Labute approximate surface area is 134 Å². The summed E-state index contributed by atoms with van der Waals surface area (Å²) in [6, 6.07) is 11.6. The van der Waals surface area contributed by atoms with Crippen molar-refractivity contribution in [2.24, 2.45) is 0 Å². The van der Waals surface area contributed by atoms with E-state index in [0.717, 1.165) is 41.2 Å². The average Bonchev–Trinajstić information content (AvgIpc) is 2.43. The van der Waals surface area contributed by atoms with Crippen molar-refractivity contribution < 1.29 is 0 Å². The maximum Gasteiger partial charge on any atom is 0.0598 e. The standard InChI is InChI=1S/C16H16Cl3N/c1-2-7-20-10-12-8-13(17)4-5-14(12)11-3-6-15(18)16(19)9-11/h3-6,8-9,20H,2,7,10H2,1H3. The van der Waals surface area contributed by atoms with Crippen LogP contribution in [0.3, 0.4) is 0 Å². The predicted octanol–water partition coefficient (Wildman–Crippen LogP) is 5.81. The van der Waals surface area contributed by atoms with E-state index in [1.54, 1.807) is 0 Å². The highest BCUT2D eigenvalue weighted by atomic mass is 35.5. The van der Waals surface area contributed by atoms with Crippen molar-refractivity contribution in [3.05, 3.63) is 57.0 Å². The minimum Gasteiger partial charge on any atom is -0.313 e. The van der Waals surface area contributed by atoms with E-state index < -0.39 is 0 Å². The van der Waals surface area contributed by atoms with E-state index in [1.807, 2.05) is 36.4 Å². The van der Waals surface area contributed by atoms with Crippen LogP contribution in [0.25, 0.3) is 11.1 Å². The maximum absolute atomic E-state index is 6.10. The molecule has 0 aliphatic carbocycles. The molecule has 0 atom stereocenters. The molecule has 0 saturated heterocycles. The van der Waals surface area contributed by atoms with Crippen molar-refractivity contribution in [1.82, 2.24) is 5.32 Å². The molecule has 20 heavy (non-hydrogen) atoms. The largest absolute Gasteiger partial charge is 0.313 e. The summed E-state index contributed by atoms with van der Waals surface area (Å²) >= 11 is 18.2. The molecule has 0 aromatic heterocycles. The van der Waals surface area contributed by atoms with E-state index in [0.29, 0.717) is 10.0 Å². The van der Waals surface area contributed by atoms with Crippen molar-refractivity contribution in [2.45, 2.75) is 19.9 Å². The highest BCUT2D eigenvalue weighted by molar-refractivity contribution is 6.42. The lowest BCUT2D eigenvalue weighted by Crippen LogP contribution is -2.14. The van der Waals surface area contributed by atoms with E-state index >= 15 is 0 Å². The summed E-state index contributed by atoms with van der Waals surface area (Å²) in [5.74, 6) is 0. The van der Waals surface area contributed by atoms with Gasteiger partial charge in [0.25, 0.3) is 0 Å². The van der Waals surface area contributed by atoms with E-state index in [2.05, 4.69) is 12.2 Å². The molecule has 0 saturated carbocycles. The van der Waals surface area contributed by atoms with Gasteiger partial charge in [-0.3, -0.25) is 0 Å². The van der Waals surface area contributed by atoms with Gasteiger partial charge in [0.05, 0.1) is 10.0 Å². The average molecular weight is 329 g/mol. The van der Waals surface area contributed by atoms with E-state index in [1.165, 1.54) is 0 Å². The quantitative estimate of drug-likeness (QED) is 0.683. The Bertz CT molecular complexity index is 596. The van der Waals surface area contributed by atoms with E-state index in [9.17, 15) is 0 Å². The molecule has 0 radical (unpaired) electrons. The molecule has 106 valence electrons. The Balaban J connectivity index is 2.36. The molecule has 2 aromatic carbocycles. The normalized spacial score (nSPS) is 10.8. The smallest absolute Gasteiger partial charge is 0.0598 e. The maximum atomic E-state index is 6.10. The second-order valence-electron chi connectivity index (χ2n) is 4.61. The van der Waals surface area contributed by atoms with Crippen LogP contribution in [0.15, 0.2) is 36.4 Å². The molecule has 0 bridgehead atoms. The second-order valence-corrected chi connectivity index (χ2v) is 5.86. The summed E-state index contributed by atoms with van der Waals surface area (Å²) in [7, 11) is 0. The lowest BCUT2D eigenvalue weighted by atomic mass is 9.99. The number of benzene rings is 2. The van der Waals surface area contributed by atoms with Crippen LogP contribution in [-0.4, -0.2) is 6.54 Å². The van der Waals surface area contributed by atoms with Crippen LogP contribution in [0.5, 0.6) is 0 Å². The van der Waals surface area contributed by atoms with E-state index in [4.69, 9.17) is 34.8 Å². The Morgan fingerprint density at radius 3 is 2.45 bits per heavy atom. The van der Waals surface area contributed by atoms with Crippen LogP contribution < -0.4 is 5.32 Å². The summed E-state index contributed by atoms with van der Waals surface area (Å²) in [4.78, 5) is 0. The molecule has 0 spiro atoms. The van der Waals surface area contributed by atoms with Gasteiger partial charge in [-0.25, -0.2) is 0 Å². The first kappa shape index (κ1) is 15.7. The zero-order valence-electron chi connectivity index (χ0n) is 11.2. The molecule has 1 nitrogen and oxygen atoms in total. The molecular weight excluding hydrogens is 313 g/mol. The fourth-order valence-corrected chi connectivity index (χ4v) is 2.55. The fourth-order valence-electron chi connectivity index (χ4n) is 2.05. The molecule has 2 rings (SSSR count). The lowest BCUT2D eigenvalue weighted by Gasteiger charge is -2.12. The monoisotopic (exact) mass is 327 g/mol. The van der Waals surface area contributed by atoms with Gasteiger partial charge in [0.2, 0.25) is 0 Å². The minimum atomic E-state index is 0.562. The van der Waals surface area contributed by atoms with Gasteiger partial charge in [-0.15, -0.1) is 0 Å². The van der Waals surface area contributed by atoms with Crippen LogP contribution in [-0.2, 0) is 6.54 Å². The molecule has 4 heteroatoms. The third kappa shape index (κ3) is 3.89. The molecule has 0 unspecified atom stereocenters. The highest BCUT2D eigenvalue weighted by Crippen LogP contribution is 2.31. The first-order chi connectivity index (χ1) is 9.61. The molecular formula is C16H16Cl3N. The van der Waals surface area contributed by atoms with E-state index in [-0.39, 0.29) is 0 Å². The number of rotatable bonds is 5. The van der Waals surface area contributed by atoms with Gasteiger partial charge in [0.15, 0.2) is 0 Å². The Kier molecular flexibility index (Phi) is 5.74. The van der Waals surface area contributed by atoms with Gasteiger partial charge in [0, 0.05) is 11.6 Å². The second kappa shape index (κ2) is 7.33. The summed E-state index contributed by atoms with van der Waals surface area (Å²) in [5.41, 5.74) is 3.32. The molecule has 0 aliphatic rings. The topological polar surface area (TPSA) is 12.0 Å². The molecule has 0 aliphatic heterocycles. The SMILES string of the molecule is CCCNCc1cc(Cl)ccc1-c1ccc(Cl)c(Cl)c1. The van der Waals surface area contributed by atoms with Gasteiger partial charge >= 0.3 is 0 Å². The van der Waals surface area contributed by atoms with Gasteiger partial charge in [-0.05, 0) is 53.9 Å². The summed E-state index contributed by atoms with van der Waals surface area (Å²) in [6.07, 6.45) is 1.10. The van der Waals surface area contributed by atoms with Crippen LogP contribution >= 0.6 is 34.8 Å². The Morgan fingerprint density at radius 1 is 0.950 bits per heavy atom. The third-order valence-corrected chi connectivity index (χ3v) is 4.01. The Hall–Kier alpha value is -0.730. The first-order valence-electron chi connectivity index (χ1n) is 6.56. The van der Waals surface area contributed by atoms with Crippen molar-refractivity contribution in [3.8, 4) is 11.1 Å². The lowest BCUT2D eigenvalue weighted by molar-refractivity contribution is 0.676. The summed E-state index contributed by atoms with van der Waals surface area (Å²) in [6.45, 7) is 3.90. The Morgan fingerprint density at radius 2 is 1.75 bits per heavy atom. The van der Waals surface area contributed by atoms with Crippen molar-refractivity contribution >= 4 is 34.8 Å². The number of halogens is 3. The van der Waals surface area contributed by atoms with Gasteiger partial charge < -0.3 is 5.32 Å². The molecule has 2 aromatic rings. The third-order valence-electron chi connectivity index (χ3n) is 3.04. The van der Waals surface area contributed by atoms with Crippen LogP contribution in [0.4, 0.5) is 0 Å². The van der Waals surface area contributed by atoms with Crippen LogP contribution in [0.2, 0.25) is 15.1 Å². The van der Waals surface area contributed by atoms with Crippen molar-refractivity contribution in [1.29, 1.82) is 0 Å². The number of nitrogens with one attached hydrogen (secondary N) is 1. The van der Waals surface area contributed by atoms with Gasteiger partial charge in [-0.1, -0.05) is 53.9 Å². The zero-order valence-corrected chi connectivity index (χ0v) is 13.5. The summed E-state index contributed by atoms with van der Waals surface area (Å²) in [5, 5.41) is 5.26. The van der Waals surface area contributed by atoms with Crippen molar-refractivity contribution in [3.63, 3.8) is 0 Å². The predicted molar refractivity (Wildman–Crippen MR) is 88.9 cm³/mol. The zero-order chi connectivity index (χ0) is 14.5. The molecule has 1 N–H and O–H groups in total. The first-order valence-corrected chi connectivity index (χ1v) is 7.69. The molecule has 0 heterocycles. The molecule has 0 fully saturated rings. The van der Waals surface area contributed by atoms with Crippen LogP contribution in [0, 0.1) is 0 Å².